The predicted octanol–water partition coefficient (Wildman–Crippen LogP) is 13.4. The van der Waals surface area contributed by atoms with Gasteiger partial charge in [-0.2, -0.15) is 0 Å². The molecule has 0 atom stereocenters. The normalized spacial score (nSPS) is 12.3. The van der Waals surface area contributed by atoms with E-state index < -0.39 is 8.07 Å². The van der Waals surface area contributed by atoms with Crippen molar-refractivity contribution < 1.29 is 30.0 Å². The van der Waals surface area contributed by atoms with E-state index in [-0.39, 0.29) is 43.5 Å². The van der Waals surface area contributed by atoms with Crippen LogP contribution in [0.1, 0.15) is 101 Å². The van der Waals surface area contributed by atoms with Gasteiger partial charge in [-0.05, 0) is 81.0 Å². The van der Waals surface area contributed by atoms with Crippen LogP contribution < -0.4 is 0 Å². The summed E-state index contributed by atoms with van der Waals surface area (Å²) in [6.45, 7) is 26.7. The fourth-order valence-corrected chi connectivity index (χ4v) is 9.70. The number of ketones is 1. The zero-order valence-electron chi connectivity index (χ0n) is 32.4. The van der Waals surface area contributed by atoms with Crippen molar-refractivity contribution in [3.8, 4) is 11.3 Å². The van der Waals surface area contributed by atoms with E-state index in [1.54, 1.807) is 0 Å². The first kappa shape index (κ1) is 41.8. The zero-order valence-corrected chi connectivity index (χ0v) is 36.6. The number of benzene rings is 3. The summed E-state index contributed by atoms with van der Waals surface area (Å²) in [5.41, 5.74) is 9.16. The second-order valence-electron chi connectivity index (χ2n) is 15.4. The second-order valence-corrected chi connectivity index (χ2v) is 21.9. The number of aliphatic hydroxyl groups excluding tert-OH is 1. The van der Waals surface area contributed by atoms with Gasteiger partial charge in [0.1, 0.15) is 0 Å². The van der Waals surface area contributed by atoms with Gasteiger partial charge in [0.25, 0.3) is 0 Å². The number of aromatic nitrogens is 1. The summed E-state index contributed by atoms with van der Waals surface area (Å²) in [6, 6.07) is 18.8. The van der Waals surface area contributed by atoms with E-state index in [9.17, 15) is 9.90 Å². The van der Waals surface area contributed by atoms with Gasteiger partial charge < -0.3 is 5.11 Å². The van der Waals surface area contributed by atoms with Gasteiger partial charge in [-0.3, -0.25) is 9.78 Å². The molecule has 2 aromatic heterocycles. The molecule has 1 N–H and O–H groups in total. The van der Waals surface area contributed by atoms with Gasteiger partial charge in [-0.15, -0.1) is 40.5 Å². The van der Waals surface area contributed by atoms with Crippen LogP contribution in [0.3, 0.4) is 0 Å². The molecule has 5 rings (SSSR count). The Morgan fingerprint density at radius 1 is 0.860 bits per heavy atom. The molecule has 0 bridgehead atoms. The summed E-state index contributed by atoms with van der Waals surface area (Å²) < 4.78 is 2.69. The van der Waals surface area contributed by atoms with Crippen LogP contribution in [0.5, 0.6) is 0 Å². The van der Waals surface area contributed by atoms with Gasteiger partial charge >= 0.3 is 0 Å². The Kier molecular flexibility index (Phi) is 14.8. The minimum absolute atomic E-state index is 0. The quantitative estimate of drug-likeness (QED) is 0.0622. The molecule has 50 heavy (non-hydrogen) atoms. The summed E-state index contributed by atoms with van der Waals surface area (Å²) in [7, 11) is -1.18. The molecule has 0 unspecified atom stereocenters. The number of allylic oxidation sites excluding steroid dienone is 2. The van der Waals surface area contributed by atoms with E-state index >= 15 is 0 Å². The van der Waals surface area contributed by atoms with Crippen molar-refractivity contribution in [1.82, 2.24) is 4.98 Å². The number of carbonyl (C=O) groups is 1. The Bertz CT molecular complexity index is 1980. The number of thiophene rings is 1. The number of pyridine rings is 1. The SMILES string of the molecule is CCC(CC)C(=O)/C=C(\O)C(CC)CC.Cc1cc2[c-]c(-c3nccc4c3sc3c(C)c(C[Si](C)(C)C)ccc34)cc(C(C)C)c2cc1C.[Ir]. The Labute approximate surface area is 320 Å². The van der Waals surface area contributed by atoms with Gasteiger partial charge in [-0.1, -0.05) is 101 Å². The number of fused-ring (bicyclic) bond motifs is 4. The zero-order chi connectivity index (χ0) is 36.2. The van der Waals surface area contributed by atoms with Crippen molar-refractivity contribution in [3.63, 3.8) is 0 Å². The smallest absolute Gasteiger partial charge is 0.162 e. The van der Waals surface area contributed by atoms with Crippen molar-refractivity contribution in [3.05, 3.63) is 88.3 Å². The average molecular weight is 885 g/mol. The molecule has 2 heterocycles. The monoisotopic (exact) mass is 885 g/mol. The van der Waals surface area contributed by atoms with E-state index in [2.05, 4.69) is 96.7 Å². The molecule has 0 saturated carbocycles. The Morgan fingerprint density at radius 2 is 1.46 bits per heavy atom. The van der Waals surface area contributed by atoms with Crippen LogP contribution in [0.15, 0.2) is 54.4 Å². The summed E-state index contributed by atoms with van der Waals surface area (Å²) in [5, 5.41) is 14.9. The maximum Gasteiger partial charge on any atom is 0.162 e. The Hall–Kier alpha value is -2.63. The van der Waals surface area contributed by atoms with E-state index in [0.29, 0.717) is 5.92 Å². The topological polar surface area (TPSA) is 50.2 Å². The maximum absolute atomic E-state index is 11.7. The Morgan fingerprint density at radius 3 is 2.04 bits per heavy atom. The largest absolute Gasteiger partial charge is 0.512 e. The standard InChI is InChI=1S/C31H34NSSi.C13H24O2.Ir/c1-18(2)27-16-24(15-23-13-19(3)20(4)14-28(23)27)29-31-26(11-12-32-29)25-10-9-22(17-34(6,7)8)21(5)30(25)33-31;1-5-10(6-2)12(14)9-13(15)11(7-3)8-4;/h9-14,16,18H,17H2,1-8H3;9-11,14H,5-8H2,1-4H3;/q-1;;/b;12-9-;. The summed E-state index contributed by atoms with van der Waals surface area (Å²) in [5.74, 6) is 0.983. The van der Waals surface area contributed by atoms with E-state index in [0.717, 1.165) is 36.9 Å². The van der Waals surface area contributed by atoms with Crippen LogP contribution in [-0.4, -0.2) is 23.9 Å². The third kappa shape index (κ3) is 9.42. The first-order chi connectivity index (χ1) is 23.1. The molecule has 0 aliphatic rings. The fourth-order valence-electron chi connectivity index (χ4n) is 6.85. The van der Waals surface area contributed by atoms with E-state index in [1.807, 2.05) is 45.2 Å². The molecule has 0 fully saturated rings. The molecule has 3 aromatic carbocycles. The van der Waals surface area contributed by atoms with Crippen LogP contribution in [0.4, 0.5) is 0 Å². The first-order valence-corrected chi connectivity index (χ1v) is 22.9. The van der Waals surface area contributed by atoms with E-state index in [1.165, 1.54) is 70.9 Å². The second kappa shape index (κ2) is 17.7. The van der Waals surface area contributed by atoms with Crippen molar-refractivity contribution in [2.75, 3.05) is 0 Å². The van der Waals surface area contributed by atoms with Gasteiger partial charge in [0.05, 0.1) is 5.76 Å². The van der Waals surface area contributed by atoms with E-state index in [4.69, 9.17) is 4.98 Å². The molecule has 0 amide bonds. The van der Waals surface area contributed by atoms with Gasteiger partial charge in [-0.25, -0.2) is 0 Å². The number of rotatable bonds is 11. The molecule has 0 aliphatic carbocycles. The maximum atomic E-state index is 11.7. The first-order valence-electron chi connectivity index (χ1n) is 18.3. The molecule has 0 spiro atoms. The molecular weight excluding hydrogens is 827 g/mol. The third-order valence-electron chi connectivity index (χ3n) is 10.1. The number of aryl methyl sites for hydroxylation is 3. The fraction of sp³-hybridized carbons (Fsp3) is 0.455. The average Bonchev–Trinajstić information content (AvgIpc) is 3.43. The molecule has 0 saturated heterocycles. The van der Waals surface area contributed by atoms with Crippen LogP contribution in [0.2, 0.25) is 19.6 Å². The van der Waals surface area contributed by atoms with Gasteiger partial charge in [0.2, 0.25) is 0 Å². The number of hydrogen-bond acceptors (Lipinski definition) is 4. The van der Waals surface area contributed by atoms with Gasteiger partial charge in [0, 0.05) is 72.8 Å². The van der Waals surface area contributed by atoms with Crippen LogP contribution in [0, 0.1) is 38.7 Å². The number of aliphatic hydroxyl groups is 1. The van der Waals surface area contributed by atoms with Gasteiger partial charge in [0.15, 0.2) is 5.78 Å². The summed E-state index contributed by atoms with van der Waals surface area (Å²) in [6.07, 6.45) is 6.88. The summed E-state index contributed by atoms with van der Waals surface area (Å²) in [4.78, 5) is 16.6. The van der Waals surface area contributed by atoms with Crippen LogP contribution in [0.25, 0.3) is 42.2 Å². The van der Waals surface area contributed by atoms with Crippen molar-refractivity contribution in [2.45, 2.75) is 120 Å². The van der Waals surface area contributed by atoms with Crippen LogP contribution >= 0.6 is 11.3 Å². The molecular formula is C44H58IrNO2SSi-. The number of nitrogens with zero attached hydrogens (tertiary/aromatic N) is 1. The van der Waals surface area contributed by atoms with Crippen LogP contribution in [-0.2, 0) is 30.9 Å². The minimum Gasteiger partial charge on any atom is -0.512 e. The number of hydrogen-bond donors (Lipinski definition) is 1. The Balaban J connectivity index is 0.000000361. The third-order valence-corrected chi connectivity index (χ3v) is 12.9. The minimum atomic E-state index is -1.18. The van der Waals surface area contributed by atoms with Crippen molar-refractivity contribution >= 4 is 56.1 Å². The molecule has 6 heteroatoms. The number of carbonyl (C=O) groups excluding carboxylic acids is 1. The molecule has 271 valence electrons. The summed E-state index contributed by atoms with van der Waals surface area (Å²) >= 11 is 1.91. The van der Waals surface area contributed by atoms with Crippen molar-refractivity contribution in [2.24, 2.45) is 11.8 Å². The molecule has 1 radical (unpaired) electrons. The predicted molar refractivity (Wildman–Crippen MR) is 218 cm³/mol. The van der Waals surface area contributed by atoms with Crippen molar-refractivity contribution in [1.29, 1.82) is 0 Å². The molecule has 5 aromatic rings. The molecule has 0 aliphatic heterocycles. The molecule has 3 nitrogen and oxygen atoms in total.